The Morgan fingerprint density at radius 3 is 2.83 bits per heavy atom. The largest absolute Gasteiger partial charge is 0.366 e. The number of pyridine rings is 1. The molecule has 2 rings (SSSR count). The Kier molecular flexibility index (Phi) is 4.19. The monoisotopic (exact) mass is 248 g/mol. The third kappa shape index (κ3) is 3.00. The number of nitrogens with two attached hydrogens (primary N) is 1. The molecule has 0 spiro atoms. The lowest BCUT2D eigenvalue weighted by Crippen LogP contribution is -2.37. The van der Waals surface area contributed by atoms with E-state index in [1.807, 2.05) is 19.2 Å². The standard InChI is InChI=1S/C14H24N4/c1-11(15)14-7-6-12(9-16-14)18-8-4-5-13(18)10-17(2)3/h6-7,9,11,13H,4-5,8,10,15H2,1-3H3/t11-,13?/m1/s1. The van der Waals surface area contributed by atoms with Gasteiger partial charge in [0, 0.05) is 25.2 Å². The first-order valence-corrected chi connectivity index (χ1v) is 6.71. The lowest BCUT2D eigenvalue weighted by atomic mass is 10.2. The SMILES string of the molecule is C[C@@H](N)c1ccc(N2CCCC2CN(C)C)cn1. The molecule has 1 aromatic heterocycles. The van der Waals surface area contributed by atoms with E-state index in [2.05, 4.69) is 34.9 Å². The van der Waals surface area contributed by atoms with Gasteiger partial charge >= 0.3 is 0 Å². The molecule has 4 heteroatoms. The van der Waals surface area contributed by atoms with E-state index in [9.17, 15) is 0 Å². The van der Waals surface area contributed by atoms with Crippen LogP contribution in [0.25, 0.3) is 0 Å². The number of aromatic nitrogens is 1. The summed E-state index contributed by atoms with van der Waals surface area (Å²) in [5.74, 6) is 0. The maximum Gasteiger partial charge on any atom is 0.0569 e. The van der Waals surface area contributed by atoms with Gasteiger partial charge in [-0.05, 0) is 46.0 Å². The summed E-state index contributed by atoms with van der Waals surface area (Å²) in [6.45, 7) is 4.21. The van der Waals surface area contributed by atoms with Crippen LogP contribution in [-0.4, -0.2) is 43.1 Å². The topological polar surface area (TPSA) is 45.4 Å². The van der Waals surface area contributed by atoms with Gasteiger partial charge in [-0.15, -0.1) is 0 Å². The van der Waals surface area contributed by atoms with Gasteiger partial charge in [-0.3, -0.25) is 4.98 Å². The summed E-state index contributed by atoms with van der Waals surface area (Å²) >= 11 is 0. The molecule has 1 aromatic rings. The van der Waals surface area contributed by atoms with Crippen LogP contribution in [0.4, 0.5) is 5.69 Å². The van der Waals surface area contributed by atoms with Crippen molar-refractivity contribution in [3.05, 3.63) is 24.0 Å². The van der Waals surface area contributed by atoms with Crippen molar-refractivity contribution in [3.8, 4) is 0 Å². The minimum absolute atomic E-state index is 0.00944. The van der Waals surface area contributed by atoms with Crippen LogP contribution in [0.2, 0.25) is 0 Å². The quantitative estimate of drug-likeness (QED) is 0.879. The lowest BCUT2D eigenvalue weighted by Gasteiger charge is -2.28. The molecule has 0 amide bonds. The van der Waals surface area contributed by atoms with Gasteiger partial charge in [0.1, 0.15) is 0 Å². The third-order valence-electron chi connectivity index (χ3n) is 3.52. The molecule has 18 heavy (non-hydrogen) atoms. The van der Waals surface area contributed by atoms with Gasteiger partial charge in [0.2, 0.25) is 0 Å². The highest BCUT2D eigenvalue weighted by molar-refractivity contribution is 5.47. The van der Waals surface area contributed by atoms with Crippen LogP contribution in [0, 0.1) is 0 Å². The van der Waals surface area contributed by atoms with Crippen LogP contribution < -0.4 is 10.6 Å². The Labute approximate surface area is 110 Å². The first-order chi connectivity index (χ1) is 8.58. The van der Waals surface area contributed by atoms with E-state index >= 15 is 0 Å². The van der Waals surface area contributed by atoms with E-state index in [1.165, 1.54) is 18.5 Å². The molecule has 0 radical (unpaired) electrons. The highest BCUT2D eigenvalue weighted by atomic mass is 15.2. The molecule has 2 atom stereocenters. The average Bonchev–Trinajstić information content (AvgIpc) is 2.76. The van der Waals surface area contributed by atoms with Gasteiger partial charge in [0.25, 0.3) is 0 Å². The molecular weight excluding hydrogens is 224 g/mol. The first kappa shape index (κ1) is 13.3. The highest BCUT2D eigenvalue weighted by Crippen LogP contribution is 2.25. The van der Waals surface area contributed by atoms with E-state index in [-0.39, 0.29) is 6.04 Å². The minimum atomic E-state index is 0.00944. The van der Waals surface area contributed by atoms with Crippen molar-refractivity contribution in [1.82, 2.24) is 9.88 Å². The number of nitrogens with zero attached hydrogens (tertiary/aromatic N) is 3. The Balaban J connectivity index is 2.10. The molecule has 2 heterocycles. The molecule has 0 aromatic carbocycles. The Morgan fingerprint density at radius 2 is 2.28 bits per heavy atom. The van der Waals surface area contributed by atoms with Crippen LogP contribution in [0.15, 0.2) is 18.3 Å². The first-order valence-electron chi connectivity index (χ1n) is 6.71. The summed E-state index contributed by atoms with van der Waals surface area (Å²) < 4.78 is 0. The fourth-order valence-electron chi connectivity index (χ4n) is 2.62. The summed E-state index contributed by atoms with van der Waals surface area (Å²) in [6, 6.07) is 4.82. The van der Waals surface area contributed by atoms with Crippen LogP contribution in [0.5, 0.6) is 0 Å². The second-order valence-electron chi connectivity index (χ2n) is 5.48. The number of hydrogen-bond donors (Lipinski definition) is 1. The smallest absolute Gasteiger partial charge is 0.0569 e. The molecule has 1 aliphatic rings. The van der Waals surface area contributed by atoms with E-state index in [0.29, 0.717) is 6.04 Å². The second-order valence-corrected chi connectivity index (χ2v) is 5.48. The summed E-state index contributed by atoms with van der Waals surface area (Å²) in [5.41, 5.74) is 8.01. The molecule has 0 aliphatic carbocycles. The van der Waals surface area contributed by atoms with Crippen LogP contribution in [-0.2, 0) is 0 Å². The number of likely N-dealkylation sites (N-methyl/N-ethyl adjacent to an activating group) is 1. The summed E-state index contributed by atoms with van der Waals surface area (Å²) in [4.78, 5) is 9.18. The van der Waals surface area contributed by atoms with Gasteiger partial charge in [-0.1, -0.05) is 0 Å². The molecule has 4 nitrogen and oxygen atoms in total. The molecule has 1 saturated heterocycles. The minimum Gasteiger partial charge on any atom is -0.366 e. The molecule has 2 N–H and O–H groups in total. The van der Waals surface area contributed by atoms with Crippen molar-refractivity contribution in [2.45, 2.75) is 31.8 Å². The van der Waals surface area contributed by atoms with Crippen LogP contribution >= 0.6 is 0 Å². The van der Waals surface area contributed by atoms with Crippen molar-refractivity contribution >= 4 is 5.69 Å². The molecule has 1 fully saturated rings. The van der Waals surface area contributed by atoms with Crippen molar-refractivity contribution < 1.29 is 0 Å². The zero-order chi connectivity index (χ0) is 13.1. The van der Waals surface area contributed by atoms with Gasteiger partial charge in [0.15, 0.2) is 0 Å². The van der Waals surface area contributed by atoms with E-state index in [0.717, 1.165) is 18.8 Å². The Morgan fingerprint density at radius 1 is 1.50 bits per heavy atom. The normalized spacial score (nSPS) is 21.6. The van der Waals surface area contributed by atoms with Gasteiger partial charge < -0.3 is 15.5 Å². The molecular formula is C14H24N4. The second kappa shape index (κ2) is 5.67. The van der Waals surface area contributed by atoms with E-state index in [4.69, 9.17) is 5.73 Å². The number of anilines is 1. The zero-order valence-corrected chi connectivity index (χ0v) is 11.6. The number of rotatable bonds is 4. The lowest BCUT2D eigenvalue weighted by molar-refractivity contribution is 0.372. The Bertz CT molecular complexity index is 372. The predicted molar refractivity (Wildman–Crippen MR) is 75.8 cm³/mol. The van der Waals surface area contributed by atoms with E-state index < -0.39 is 0 Å². The average molecular weight is 248 g/mol. The molecule has 100 valence electrons. The summed E-state index contributed by atoms with van der Waals surface area (Å²) in [7, 11) is 4.27. The van der Waals surface area contributed by atoms with E-state index in [1.54, 1.807) is 0 Å². The van der Waals surface area contributed by atoms with Crippen molar-refractivity contribution in [1.29, 1.82) is 0 Å². The van der Waals surface area contributed by atoms with Crippen LogP contribution in [0.1, 0.15) is 31.5 Å². The van der Waals surface area contributed by atoms with Crippen LogP contribution in [0.3, 0.4) is 0 Å². The van der Waals surface area contributed by atoms with Gasteiger partial charge in [-0.2, -0.15) is 0 Å². The number of hydrogen-bond acceptors (Lipinski definition) is 4. The van der Waals surface area contributed by atoms with Gasteiger partial charge in [0.05, 0.1) is 17.6 Å². The van der Waals surface area contributed by atoms with Crippen molar-refractivity contribution in [2.75, 3.05) is 32.1 Å². The summed E-state index contributed by atoms with van der Waals surface area (Å²) in [5, 5.41) is 0. The fourth-order valence-corrected chi connectivity index (χ4v) is 2.62. The zero-order valence-electron chi connectivity index (χ0n) is 11.6. The molecule has 0 bridgehead atoms. The molecule has 1 unspecified atom stereocenters. The predicted octanol–water partition coefficient (Wildman–Crippen LogP) is 1.63. The van der Waals surface area contributed by atoms with Crippen molar-refractivity contribution in [2.24, 2.45) is 5.73 Å². The maximum absolute atomic E-state index is 5.83. The molecule has 1 aliphatic heterocycles. The van der Waals surface area contributed by atoms with Gasteiger partial charge in [-0.25, -0.2) is 0 Å². The maximum atomic E-state index is 5.83. The summed E-state index contributed by atoms with van der Waals surface area (Å²) in [6.07, 6.45) is 4.51. The molecule has 0 saturated carbocycles. The fraction of sp³-hybridized carbons (Fsp3) is 0.643. The highest BCUT2D eigenvalue weighted by Gasteiger charge is 2.25. The third-order valence-corrected chi connectivity index (χ3v) is 3.52. The van der Waals surface area contributed by atoms with Crippen molar-refractivity contribution in [3.63, 3.8) is 0 Å². The Hall–Kier alpha value is -1.13.